The SMILES string of the molecule is COc1ccc(CNO)cc1C1CCCC1. The Morgan fingerprint density at radius 1 is 1.38 bits per heavy atom. The third-order valence-corrected chi connectivity index (χ3v) is 3.37. The average molecular weight is 221 g/mol. The van der Waals surface area contributed by atoms with E-state index in [0.717, 1.165) is 11.3 Å². The van der Waals surface area contributed by atoms with Crippen LogP contribution in [0.15, 0.2) is 18.2 Å². The molecule has 2 rings (SSSR count). The zero-order chi connectivity index (χ0) is 11.4. The third kappa shape index (κ3) is 2.36. The summed E-state index contributed by atoms with van der Waals surface area (Å²) in [4.78, 5) is 0. The zero-order valence-electron chi connectivity index (χ0n) is 9.70. The molecule has 0 aliphatic heterocycles. The van der Waals surface area contributed by atoms with E-state index in [1.807, 2.05) is 12.1 Å². The minimum atomic E-state index is 0.490. The first-order valence-corrected chi connectivity index (χ1v) is 5.89. The van der Waals surface area contributed by atoms with Gasteiger partial charge in [0.05, 0.1) is 7.11 Å². The first-order valence-electron chi connectivity index (χ1n) is 5.89. The summed E-state index contributed by atoms with van der Waals surface area (Å²) in [6.45, 7) is 0.490. The van der Waals surface area contributed by atoms with Crippen LogP contribution in [0, 0.1) is 0 Å². The van der Waals surface area contributed by atoms with Gasteiger partial charge in [-0.25, -0.2) is 5.48 Å². The van der Waals surface area contributed by atoms with Crippen LogP contribution in [-0.2, 0) is 6.54 Å². The smallest absolute Gasteiger partial charge is 0.122 e. The highest BCUT2D eigenvalue weighted by Crippen LogP contribution is 2.39. The van der Waals surface area contributed by atoms with E-state index in [4.69, 9.17) is 9.94 Å². The number of hydrogen-bond acceptors (Lipinski definition) is 3. The van der Waals surface area contributed by atoms with Crippen molar-refractivity contribution in [1.82, 2.24) is 5.48 Å². The number of nitrogens with one attached hydrogen (secondary N) is 1. The Morgan fingerprint density at radius 3 is 2.75 bits per heavy atom. The van der Waals surface area contributed by atoms with Crippen LogP contribution in [0.5, 0.6) is 5.75 Å². The summed E-state index contributed by atoms with van der Waals surface area (Å²) in [6.07, 6.45) is 5.14. The van der Waals surface area contributed by atoms with Crippen LogP contribution in [-0.4, -0.2) is 12.3 Å². The van der Waals surface area contributed by atoms with Crippen molar-refractivity contribution in [2.75, 3.05) is 7.11 Å². The number of hydroxylamine groups is 1. The molecule has 0 aromatic heterocycles. The Bertz CT molecular complexity index is 346. The Labute approximate surface area is 96.4 Å². The fraction of sp³-hybridized carbons (Fsp3) is 0.538. The maximum atomic E-state index is 8.72. The van der Waals surface area contributed by atoms with E-state index in [9.17, 15) is 0 Å². The van der Waals surface area contributed by atoms with Gasteiger partial charge < -0.3 is 9.94 Å². The average Bonchev–Trinajstić information content (AvgIpc) is 2.83. The predicted octanol–water partition coefficient (Wildman–Crippen LogP) is 2.83. The third-order valence-electron chi connectivity index (χ3n) is 3.37. The molecule has 16 heavy (non-hydrogen) atoms. The summed E-state index contributed by atoms with van der Waals surface area (Å²) < 4.78 is 5.41. The van der Waals surface area contributed by atoms with E-state index in [2.05, 4.69) is 11.5 Å². The molecule has 0 radical (unpaired) electrons. The molecule has 1 aliphatic carbocycles. The molecule has 0 saturated heterocycles. The lowest BCUT2D eigenvalue weighted by molar-refractivity contribution is 0.161. The van der Waals surface area contributed by atoms with Crippen molar-refractivity contribution in [3.8, 4) is 5.75 Å². The fourth-order valence-corrected chi connectivity index (χ4v) is 2.54. The monoisotopic (exact) mass is 221 g/mol. The van der Waals surface area contributed by atoms with Gasteiger partial charge in [-0.2, -0.15) is 0 Å². The van der Waals surface area contributed by atoms with Crippen LogP contribution < -0.4 is 10.2 Å². The lowest BCUT2D eigenvalue weighted by Crippen LogP contribution is -2.07. The summed E-state index contributed by atoms with van der Waals surface area (Å²) in [5.74, 6) is 1.61. The molecule has 0 bridgehead atoms. The lowest BCUT2D eigenvalue weighted by atomic mass is 9.95. The number of hydrogen-bond donors (Lipinski definition) is 2. The minimum Gasteiger partial charge on any atom is -0.496 e. The number of benzene rings is 1. The van der Waals surface area contributed by atoms with Crippen LogP contribution >= 0.6 is 0 Å². The van der Waals surface area contributed by atoms with E-state index in [1.54, 1.807) is 7.11 Å². The summed E-state index contributed by atoms with van der Waals surface area (Å²) >= 11 is 0. The fourth-order valence-electron chi connectivity index (χ4n) is 2.54. The Morgan fingerprint density at radius 2 is 2.12 bits per heavy atom. The van der Waals surface area contributed by atoms with Crippen LogP contribution in [0.1, 0.15) is 42.7 Å². The number of rotatable bonds is 4. The van der Waals surface area contributed by atoms with Gasteiger partial charge in [-0.15, -0.1) is 0 Å². The molecule has 1 saturated carbocycles. The van der Waals surface area contributed by atoms with Gasteiger partial charge in [-0.3, -0.25) is 0 Å². The first-order chi connectivity index (χ1) is 7.85. The van der Waals surface area contributed by atoms with Crippen molar-refractivity contribution in [3.63, 3.8) is 0 Å². The van der Waals surface area contributed by atoms with Gasteiger partial charge in [0.2, 0.25) is 0 Å². The van der Waals surface area contributed by atoms with Crippen molar-refractivity contribution in [2.45, 2.75) is 38.1 Å². The molecule has 3 heteroatoms. The number of methoxy groups -OCH3 is 1. The van der Waals surface area contributed by atoms with Gasteiger partial charge in [-0.05, 0) is 36.0 Å². The first kappa shape index (κ1) is 11.4. The molecular weight excluding hydrogens is 202 g/mol. The molecule has 0 unspecified atom stereocenters. The molecule has 1 aromatic rings. The molecule has 1 aliphatic rings. The topological polar surface area (TPSA) is 41.5 Å². The molecule has 0 spiro atoms. The maximum absolute atomic E-state index is 8.72. The van der Waals surface area contributed by atoms with Crippen LogP contribution in [0.4, 0.5) is 0 Å². The van der Waals surface area contributed by atoms with Gasteiger partial charge in [-0.1, -0.05) is 25.0 Å². The summed E-state index contributed by atoms with van der Waals surface area (Å²) in [7, 11) is 1.72. The van der Waals surface area contributed by atoms with Crippen LogP contribution in [0.3, 0.4) is 0 Å². The van der Waals surface area contributed by atoms with Gasteiger partial charge in [0.25, 0.3) is 0 Å². The second-order valence-corrected chi connectivity index (χ2v) is 4.39. The van der Waals surface area contributed by atoms with Crippen molar-refractivity contribution < 1.29 is 9.94 Å². The van der Waals surface area contributed by atoms with Gasteiger partial charge in [0.15, 0.2) is 0 Å². The molecule has 1 aromatic carbocycles. The van der Waals surface area contributed by atoms with E-state index in [0.29, 0.717) is 12.5 Å². The van der Waals surface area contributed by atoms with E-state index < -0.39 is 0 Å². The Balaban J connectivity index is 2.27. The Hall–Kier alpha value is -1.06. The molecule has 0 atom stereocenters. The van der Waals surface area contributed by atoms with E-state index in [-0.39, 0.29) is 0 Å². The minimum absolute atomic E-state index is 0.490. The highest BCUT2D eigenvalue weighted by Gasteiger charge is 2.20. The zero-order valence-corrected chi connectivity index (χ0v) is 9.70. The van der Waals surface area contributed by atoms with Crippen LogP contribution in [0.2, 0.25) is 0 Å². The Kier molecular flexibility index (Phi) is 3.80. The summed E-state index contributed by atoms with van der Waals surface area (Å²) in [6, 6.07) is 6.14. The molecule has 3 nitrogen and oxygen atoms in total. The normalized spacial score (nSPS) is 16.6. The molecular formula is C13H19NO2. The predicted molar refractivity (Wildman–Crippen MR) is 62.8 cm³/mol. The quantitative estimate of drug-likeness (QED) is 0.768. The molecule has 0 heterocycles. The van der Waals surface area contributed by atoms with Crippen molar-refractivity contribution in [1.29, 1.82) is 0 Å². The summed E-state index contributed by atoms with van der Waals surface area (Å²) in [5.41, 5.74) is 4.60. The second kappa shape index (κ2) is 5.32. The standard InChI is InChI=1S/C13H19NO2/c1-16-13-7-6-10(9-14-15)8-12(13)11-4-2-3-5-11/h6-8,11,14-15H,2-5,9H2,1H3. The molecule has 0 amide bonds. The maximum Gasteiger partial charge on any atom is 0.122 e. The highest BCUT2D eigenvalue weighted by molar-refractivity contribution is 5.40. The summed E-state index contributed by atoms with van der Waals surface area (Å²) in [5, 5.41) is 8.72. The second-order valence-electron chi connectivity index (χ2n) is 4.39. The largest absolute Gasteiger partial charge is 0.496 e. The van der Waals surface area contributed by atoms with Crippen LogP contribution in [0.25, 0.3) is 0 Å². The van der Waals surface area contributed by atoms with Gasteiger partial charge in [0.1, 0.15) is 5.75 Å². The van der Waals surface area contributed by atoms with E-state index >= 15 is 0 Å². The molecule has 2 N–H and O–H groups in total. The molecule has 1 fully saturated rings. The van der Waals surface area contributed by atoms with Crippen molar-refractivity contribution in [2.24, 2.45) is 0 Å². The lowest BCUT2D eigenvalue weighted by Gasteiger charge is -2.15. The molecule has 88 valence electrons. The van der Waals surface area contributed by atoms with E-state index in [1.165, 1.54) is 31.2 Å². The van der Waals surface area contributed by atoms with Crippen molar-refractivity contribution in [3.05, 3.63) is 29.3 Å². The number of ether oxygens (including phenoxy) is 1. The van der Waals surface area contributed by atoms with Gasteiger partial charge >= 0.3 is 0 Å². The van der Waals surface area contributed by atoms with Gasteiger partial charge in [0, 0.05) is 6.54 Å². The van der Waals surface area contributed by atoms with Crippen molar-refractivity contribution >= 4 is 0 Å². The highest BCUT2D eigenvalue weighted by atomic mass is 16.5.